The van der Waals surface area contributed by atoms with E-state index in [0.29, 0.717) is 12.1 Å². The number of hydrogen-bond acceptors (Lipinski definition) is 4. The summed E-state index contributed by atoms with van der Waals surface area (Å²) in [6.45, 7) is 0.223. The van der Waals surface area contributed by atoms with Crippen LogP contribution in [0.15, 0.2) is 29.4 Å². The Morgan fingerprint density at radius 2 is 2.11 bits per heavy atom. The van der Waals surface area contributed by atoms with Gasteiger partial charge in [0.05, 0.1) is 6.54 Å². The van der Waals surface area contributed by atoms with Crippen LogP contribution in [0.2, 0.25) is 0 Å². The molecular formula is C11H16N6O. The summed E-state index contributed by atoms with van der Waals surface area (Å²) in [4.78, 5) is 13.7. The maximum Gasteiger partial charge on any atom is 0.238 e. The topological polar surface area (TPSA) is 130 Å². The second kappa shape index (κ2) is 7.29. The van der Waals surface area contributed by atoms with Crippen molar-refractivity contribution in [3.63, 3.8) is 0 Å². The highest BCUT2D eigenvalue weighted by Crippen LogP contribution is 2.10. The fraction of sp³-hybridized carbons (Fsp3) is 0.364. The lowest BCUT2D eigenvalue weighted by Gasteiger charge is -2.09. The number of amides is 1. The molecule has 0 saturated heterocycles. The fourth-order valence-corrected chi connectivity index (χ4v) is 1.44. The van der Waals surface area contributed by atoms with Crippen LogP contribution >= 0.6 is 0 Å². The molecule has 0 aliphatic heterocycles. The maximum atomic E-state index is 11.1. The number of hydrogen-bond donors (Lipinski definition) is 3. The number of nitrogens with zero attached hydrogens (tertiary/aromatic N) is 3. The molecule has 0 saturated carbocycles. The van der Waals surface area contributed by atoms with Gasteiger partial charge in [0.1, 0.15) is 0 Å². The lowest BCUT2D eigenvalue weighted by molar-refractivity contribution is -0.114. The van der Waals surface area contributed by atoms with Crippen molar-refractivity contribution < 1.29 is 4.79 Å². The van der Waals surface area contributed by atoms with Gasteiger partial charge in [-0.05, 0) is 29.6 Å². The molecule has 18 heavy (non-hydrogen) atoms. The lowest BCUT2D eigenvalue weighted by Crippen LogP contribution is -2.26. The SMILES string of the molecule is [N-]=[N+]=NC[C@@H](N)Cc1ccc(NC(=O)CN)cc1. The first-order chi connectivity index (χ1) is 8.65. The van der Waals surface area contributed by atoms with E-state index in [1.807, 2.05) is 12.1 Å². The van der Waals surface area contributed by atoms with E-state index in [1.54, 1.807) is 12.1 Å². The Balaban J connectivity index is 2.54. The van der Waals surface area contributed by atoms with Crippen LogP contribution < -0.4 is 16.8 Å². The number of benzene rings is 1. The van der Waals surface area contributed by atoms with Crippen molar-refractivity contribution >= 4 is 11.6 Å². The van der Waals surface area contributed by atoms with Gasteiger partial charge in [0.15, 0.2) is 0 Å². The normalized spacial score (nSPS) is 11.4. The number of rotatable bonds is 6. The highest BCUT2D eigenvalue weighted by atomic mass is 16.1. The molecule has 1 amide bonds. The third-order valence-electron chi connectivity index (χ3n) is 2.30. The Morgan fingerprint density at radius 1 is 1.44 bits per heavy atom. The van der Waals surface area contributed by atoms with Gasteiger partial charge in [-0.2, -0.15) is 0 Å². The first-order valence-electron chi connectivity index (χ1n) is 5.51. The van der Waals surface area contributed by atoms with E-state index < -0.39 is 0 Å². The average molecular weight is 248 g/mol. The van der Waals surface area contributed by atoms with Crippen molar-refractivity contribution in [1.29, 1.82) is 0 Å². The third kappa shape index (κ3) is 4.84. The van der Waals surface area contributed by atoms with Crippen LogP contribution in [-0.2, 0) is 11.2 Å². The Kier molecular flexibility index (Phi) is 5.66. The summed E-state index contributed by atoms with van der Waals surface area (Å²) in [6.07, 6.45) is 0.615. The number of azide groups is 1. The Hall–Kier alpha value is -2.08. The Labute approximate surface area is 105 Å². The standard InChI is InChI=1S/C11H16N6O/c12-6-11(18)16-10-3-1-8(2-4-10)5-9(13)7-15-17-14/h1-4,9H,5-7,12-13H2,(H,16,18)/t9-/m0/s1. The van der Waals surface area contributed by atoms with Gasteiger partial charge >= 0.3 is 0 Å². The van der Waals surface area contributed by atoms with Crippen molar-refractivity contribution in [3.8, 4) is 0 Å². The molecule has 0 radical (unpaired) electrons. The summed E-state index contributed by atoms with van der Waals surface area (Å²) < 4.78 is 0. The number of nitrogens with one attached hydrogen (secondary N) is 1. The van der Waals surface area contributed by atoms with E-state index in [2.05, 4.69) is 15.3 Å². The number of nitrogens with two attached hydrogens (primary N) is 2. The Bertz CT molecular complexity index is 437. The highest BCUT2D eigenvalue weighted by Gasteiger charge is 2.03. The van der Waals surface area contributed by atoms with Crippen molar-refractivity contribution in [3.05, 3.63) is 40.3 Å². The van der Waals surface area contributed by atoms with E-state index in [9.17, 15) is 4.79 Å². The van der Waals surface area contributed by atoms with Crippen LogP contribution in [0.4, 0.5) is 5.69 Å². The minimum atomic E-state index is -0.234. The van der Waals surface area contributed by atoms with Crippen LogP contribution in [-0.4, -0.2) is 25.0 Å². The predicted molar refractivity (Wildman–Crippen MR) is 69.8 cm³/mol. The molecule has 5 N–H and O–H groups in total. The molecule has 0 aliphatic carbocycles. The maximum absolute atomic E-state index is 11.1. The molecule has 1 atom stereocenters. The Morgan fingerprint density at radius 3 is 2.67 bits per heavy atom. The van der Waals surface area contributed by atoms with Crippen molar-refractivity contribution in [2.24, 2.45) is 16.6 Å². The minimum Gasteiger partial charge on any atom is -0.327 e. The van der Waals surface area contributed by atoms with E-state index in [4.69, 9.17) is 17.0 Å². The molecular weight excluding hydrogens is 232 g/mol. The smallest absolute Gasteiger partial charge is 0.238 e. The van der Waals surface area contributed by atoms with E-state index >= 15 is 0 Å². The molecule has 0 bridgehead atoms. The van der Waals surface area contributed by atoms with Gasteiger partial charge < -0.3 is 16.8 Å². The highest BCUT2D eigenvalue weighted by molar-refractivity contribution is 5.92. The molecule has 0 heterocycles. The zero-order valence-electron chi connectivity index (χ0n) is 9.91. The summed E-state index contributed by atoms with van der Waals surface area (Å²) in [7, 11) is 0. The van der Waals surface area contributed by atoms with Gasteiger partial charge in [-0.15, -0.1) is 0 Å². The summed E-state index contributed by atoms with van der Waals surface area (Å²) in [5.74, 6) is -0.234. The van der Waals surface area contributed by atoms with E-state index in [1.165, 1.54) is 0 Å². The number of anilines is 1. The van der Waals surface area contributed by atoms with Gasteiger partial charge in [-0.3, -0.25) is 4.79 Å². The summed E-state index contributed by atoms with van der Waals surface area (Å²) >= 11 is 0. The molecule has 1 aromatic rings. The number of carbonyl (C=O) groups is 1. The average Bonchev–Trinajstić information content (AvgIpc) is 2.38. The second-order valence-electron chi connectivity index (χ2n) is 3.83. The molecule has 0 spiro atoms. The van der Waals surface area contributed by atoms with Crippen molar-refractivity contribution in [2.45, 2.75) is 12.5 Å². The molecule has 7 nitrogen and oxygen atoms in total. The summed E-state index contributed by atoms with van der Waals surface area (Å²) in [6, 6.07) is 7.08. The van der Waals surface area contributed by atoms with Crippen LogP contribution in [0.5, 0.6) is 0 Å². The van der Waals surface area contributed by atoms with Crippen molar-refractivity contribution in [2.75, 3.05) is 18.4 Å². The molecule has 1 aromatic carbocycles. The van der Waals surface area contributed by atoms with Crippen LogP contribution in [0.25, 0.3) is 10.4 Å². The van der Waals surface area contributed by atoms with Gasteiger partial charge in [-0.1, -0.05) is 17.2 Å². The van der Waals surface area contributed by atoms with Crippen LogP contribution in [0.3, 0.4) is 0 Å². The molecule has 0 fully saturated rings. The quantitative estimate of drug-likeness (QED) is 0.390. The monoisotopic (exact) mass is 248 g/mol. The predicted octanol–water partition coefficient (Wildman–Crippen LogP) is 0.764. The molecule has 0 aliphatic rings. The van der Waals surface area contributed by atoms with Crippen LogP contribution in [0, 0.1) is 0 Å². The van der Waals surface area contributed by atoms with Gasteiger partial charge in [0.25, 0.3) is 0 Å². The fourth-order valence-electron chi connectivity index (χ4n) is 1.44. The zero-order chi connectivity index (χ0) is 13.4. The summed E-state index contributed by atoms with van der Waals surface area (Å²) in [5, 5.41) is 6.07. The first-order valence-corrected chi connectivity index (χ1v) is 5.51. The van der Waals surface area contributed by atoms with Crippen molar-refractivity contribution in [1.82, 2.24) is 0 Å². The van der Waals surface area contributed by atoms with Gasteiger partial charge in [-0.25, -0.2) is 0 Å². The largest absolute Gasteiger partial charge is 0.327 e. The second-order valence-corrected chi connectivity index (χ2v) is 3.83. The van der Waals surface area contributed by atoms with Crippen LogP contribution in [0.1, 0.15) is 5.56 Å². The minimum absolute atomic E-state index is 0.0429. The lowest BCUT2D eigenvalue weighted by atomic mass is 10.1. The molecule has 0 unspecified atom stereocenters. The zero-order valence-corrected chi connectivity index (χ0v) is 9.91. The van der Waals surface area contributed by atoms with Gasteiger partial charge in [0.2, 0.25) is 5.91 Å². The number of carbonyl (C=O) groups excluding carboxylic acids is 1. The van der Waals surface area contributed by atoms with E-state index in [0.717, 1.165) is 5.56 Å². The molecule has 0 aromatic heterocycles. The summed E-state index contributed by atoms with van der Waals surface area (Å²) in [5.41, 5.74) is 20.9. The van der Waals surface area contributed by atoms with E-state index in [-0.39, 0.29) is 25.0 Å². The molecule has 96 valence electrons. The van der Waals surface area contributed by atoms with Gasteiger partial charge in [0, 0.05) is 23.2 Å². The first kappa shape index (κ1) is 14.0. The third-order valence-corrected chi connectivity index (χ3v) is 2.30. The molecule has 1 rings (SSSR count). The molecule has 7 heteroatoms.